The Bertz CT molecular complexity index is 1390. The molecule has 3 aromatic carbocycles. The summed E-state index contributed by atoms with van der Waals surface area (Å²) in [5.74, 6) is -0.797. The molecule has 0 spiro atoms. The molecule has 6 rings (SSSR count). The Morgan fingerprint density at radius 1 is 0.917 bits per heavy atom. The van der Waals surface area contributed by atoms with E-state index < -0.39 is 29.8 Å². The van der Waals surface area contributed by atoms with E-state index >= 15 is 0 Å². The van der Waals surface area contributed by atoms with Gasteiger partial charge in [-0.25, -0.2) is 4.79 Å². The Hall–Kier alpha value is -4.14. The van der Waals surface area contributed by atoms with Crippen molar-refractivity contribution in [1.29, 1.82) is 0 Å². The van der Waals surface area contributed by atoms with Crippen LogP contribution >= 0.6 is 0 Å². The van der Waals surface area contributed by atoms with Crippen LogP contribution in [0.5, 0.6) is 17.2 Å². The third-order valence-electron chi connectivity index (χ3n) is 6.96. The molecule has 1 amide bonds. The van der Waals surface area contributed by atoms with E-state index in [4.69, 9.17) is 4.74 Å². The normalized spacial score (nSPS) is 22.2. The van der Waals surface area contributed by atoms with Crippen molar-refractivity contribution in [2.75, 3.05) is 0 Å². The number of hydrogen-bond acceptors (Lipinski definition) is 5. The van der Waals surface area contributed by atoms with Crippen LogP contribution in [-0.2, 0) is 10.2 Å². The molecule has 9 heteroatoms. The molecular formula is C27H21F2NO6. The van der Waals surface area contributed by atoms with Gasteiger partial charge < -0.3 is 24.6 Å². The quantitative estimate of drug-likeness (QED) is 0.513. The van der Waals surface area contributed by atoms with E-state index in [1.165, 1.54) is 18.2 Å². The number of alkyl halides is 2. The number of aromatic carboxylic acids is 1. The Labute approximate surface area is 204 Å². The maximum atomic E-state index is 13.6. The van der Waals surface area contributed by atoms with E-state index in [1.807, 2.05) is 24.3 Å². The zero-order valence-corrected chi connectivity index (χ0v) is 18.9. The highest BCUT2D eigenvalue weighted by Crippen LogP contribution is 2.52. The van der Waals surface area contributed by atoms with Gasteiger partial charge in [0.15, 0.2) is 11.5 Å². The van der Waals surface area contributed by atoms with E-state index in [9.17, 15) is 23.5 Å². The number of halogens is 2. The summed E-state index contributed by atoms with van der Waals surface area (Å²) in [4.78, 5) is 25.0. The number of benzene rings is 3. The summed E-state index contributed by atoms with van der Waals surface area (Å²) < 4.78 is 42.2. The van der Waals surface area contributed by atoms with Gasteiger partial charge in [-0.05, 0) is 54.3 Å². The molecule has 2 heterocycles. The average molecular weight is 493 g/mol. The molecule has 0 bridgehead atoms. The van der Waals surface area contributed by atoms with Crippen molar-refractivity contribution < 1.29 is 37.7 Å². The molecule has 1 fully saturated rings. The minimum atomic E-state index is -3.72. The second kappa shape index (κ2) is 7.94. The summed E-state index contributed by atoms with van der Waals surface area (Å²) >= 11 is 0. The van der Waals surface area contributed by atoms with Crippen LogP contribution in [0.3, 0.4) is 0 Å². The lowest BCUT2D eigenvalue weighted by Gasteiger charge is -2.34. The number of ether oxygens (including phenoxy) is 3. The molecule has 2 atom stereocenters. The van der Waals surface area contributed by atoms with Crippen molar-refractivity contribution >= 4 is 11.9 Å². The van der Waals surface area contributed by atoms with Gasteiger partial charge in [0.05, 0.1) is 17.0 Å². The molecule has 7 nitrogen and oxygen atoms in total. The first-order valence-electron chi connectivity index (χ1n) is 11.5. The number of carboxylic acid groups (broad SMARTS) is 1. The number of carbonyl (C=O) groups excluding carboxylic acids is 1. The van der Waals surface area contributed by atoms with Gasteiger partial charge >= 0.3 is 12.3 Å². The predicted octanol–water partition coefficient (Wildman–Crippen LogP) is 5.12. The van der Waals surface area contributed by atoms with Crippen LogP contribution in [0.1, 0.15) is 58.5 Å². The minimum absolute atomic E-state index is 0.0650. The van der Waals surface area contributed by atoms with Crippen LogP contribution in [0, 0.1) is 0 Å². The lowest BCUT2D eigenvalue weighted by Crippen LogP contribution is -2.39. The fraction of sp³-hybridized carbons (Fsp3) is 0.259. The second-order valence-corrected chi connectivity index (χ2v) is 9.25. The highest BCUT2D eigenvalue weighted by atomic mass is 19.3. The molecule has 184 valence electrons. The first kappa shape index (κ1) is 22.3. The van der Waals surface area contributed by atoms with Crippen molar-refractivity contribution in [3.05, 3.63) is 89.0 Å². The summed E-state index contributed by atoms with van der Waals surface area (Å²) in [5.41, 5.74) is 1.41. The highest BCUT2D eigenvalue weighted by Gasteiger charge is 2.53. The van der Waals surface area contributed by atoms with Crippen LogP contribution < -0.4 is 19.5 Å². The first-order chi connectivity index (χ1) is 17.2. The largest absolute Gasteiger partial charge is 0.586 e. The molecule has 2 aliphatic heterocycles. The summed E-state index contributed by atoms with van der Waals surface area (Å²) in [7, 11) is 0. The number of nitrogens with one attached hydrogen (secondary N) is 1. The van der Waals surface area contributed by atoms with E-state index in [1.54, 1.807) is 24.3 Å². The molecule has 0 unspecified atom stereocenters. The van der Waals surface area contributed by atoms with Gasteiger partial charge in [-0.2, -0.15) is 0 Å². The predicted molar refractivity (Wildman–Crippen MR) is 122 cm³/mol. The summed E-state index contributed by atoms with van der Waals surface area (Å²) in [6, 6.07) is 18.0. The van der Waals surface area contributed by atoms with E-state index in [2.05, 4.69) is 14.8 Å². The molecule has 0 saturated heterocycles. The number of amides is 1. The lowest BCUT2D eigenvalue weighted by atomic mass is 9.90. The van der Waals surface area contributed by atoms with Crippen LogP contribution in [0.25, 0.3) is 0 Å². The van der Waals surface area contributed by atoms with Crippen LogP contribution in [0.4, 0.5) is 8.78 Å². The molecule has 1 saturated carbocycles. The molecular weight excluding hydrogens is 472 g/mol. The van der Waals surface area contributed by atoms with Gasteiger partial charge in [-0.3, -0.25) is 4.79 Å². The Balaban J connectivity index is 1.27. The highest BCUT2D eigenvalue weighted by molar-refractivity contribution is 5.92. The van der Waals surface area contributed by atoms with E-state index in [0.717, 1.165) is 5.56 Å². The zero-order chi connectivity index (χ0) is 25.1. The molecule has 3 aromatic rings. The molecule has 36 heavy (non-hydrogen) atoms. The molecule has 0 radical (unpaired) electrons. The van der Waals surface area contributed by atoms with Gasteiger partial charge in [0.25, 0.3) is 0 Å². The summed E-state index contributed by atoms with van der Waals surface area (Å²) in [6.07, 6.45) is -2.64. The van der Waals surface area contributed by atoms with Crippen LogP contribution in [0.2, 0.25) is 0 Å². The lowest BCUT2D eigenvalue weighted by molar-refractivity contribution is -0.286. The maximum absolute atomic E-state index is 13.6. The second-order valence-electron chi connectivity index (χ2n) is 9.25. The first-order valence-corrected chi connectivity index (χ1v) is 11.5. The maximum Gasteiger partial charge on any atom is 0.586 e. The number of rotatable bonds is 5. The third kappa shape index (κ3) is 3.80. The number of carboxylic acids is 1. The standard InChI is InChI=1S/C27H21F2NO6/c28-27(29)35-21-9-8-17(13-23(21)36-27)26(10-11-26)25(33)30-19-14-22(34-20-7-2-1-6-18(19)20)15-4-3-5-16(12-15)24(31)32/h1-9,12-13,19,22H,10-11,14H2,(H,30,33)(H,31,32)/t19-,22-/m1/s1. The fourth-order valence-corrected chi connectivity index (χ4v) is 4.95. The number of carbonyl (C=O) groups is 2. The molecule has 2 N–H and O–H groups in total. The average Bonchev–Trinajstić information content (AvgIpc) is 3.61. The monoisotopic (exact) mass is 493 g/mol. The Morgan fingerprint density at radius 3 is 2.47 bits per heavy atom. The van der Waals surface area contributed by atoms with Gasteiger partial charge in [-0.1, -0.05) is 36.4 Å². The summed E-state index contributed by atoms with van der Waals surface area (Å²) in [6.45, 7) is 0. The molecule has 1 aliphatic carbocycles. The fourth-order valence-electron chi connectivity index (χ4n) is 4.95. The molecule has 3 aliphatic rings. The zero-order valence-electron chi connectivity index (χ0n) is 18.9. The number of fused-ring (bicyclic) bond motifs is 2. The van der Waals surface area contributed by atoms with Gasteiger partial charge in [-0.15, -0.1) is 8.78 Å². The SMILES string of the molecule is O=C(O)c1cccc([C@H]2C[C@@H](NC(=O)C3(c4ccc5c(c4)OC(F)(F)O5)CC3)c3ccccc3O2)c1. The van der Waals surface area contributed by atoms with Crippen molar-refractivity contribution in [2.45, 2.75) is 43.1 Å². The smallest absolute Gasteiger partial charge is 0.485 e. The van der Waals surface area contributed by atoms with Gasteiger partial charge in [0.2, 0.25) is 5.91 Å². The Morgan fingerprint density at radius 2 is 1.69 bits per heavy atom. The number of hydrogen-bond donors (Lipinski definition) is 2. The minimum Gasteiger partial charge on any atom is -0.485 e. The van der Waals surface area contributed by atoms with E-state index in [-0.39, 0.29) is 23.0 Å². The van der Waals surface area contributed by atoms with Crippen molar-refractivity contribution in [3.8, 4) is 17.2 Å². The van der Waals surface area contributed by atoms with Crippen molar-refractivity contribution in [3.63, 3.8) is 0 Å². The topological polar surface area (TPSA) is 94.1 Å². The van der Waals surface area contributed by atoms with Crippen molar-refractivity contribution in [2.24, 2.45) is 0 Å². The van der Waals surface area contributed by atoms with E-state index in [0.29, 0.717) is 36.1 Å². The Kier molecular flexibility index (Phi) is 4.93. The third-order valence-corrected chi connectivity index (χ3v) is 6.96. The van der Waals surface area contributed by atoms with Crippen LogP contribution in [-0.4, -0.2) is 23.3 Å². The van der Waals surface area contributed by atoms with Crippen LogP contribution in [0.15, 0.2) is 66.7 Å². The van der Waals surface area contributed by atoms with Gasteiger partial charge in [0.1, 0.15) is 11.9 Å². The summed E-state index contributed by atoms with van der Waals surface area (Å²) in [5, 5.41) is 12.5. The number of para-hydroxylation sites is 1. The van der Waals surface area contributed by atoms with Crippen molar-refractivity contribution in [1.82, 2.24) is 5.32 Å². The molecule has 0 aromatic heterocycles. The van der Waals surface area contributed by atoms with Gasteiger partial charge in [0, 0.05) is 12.0 Å².